The van der Waals surface area contributed by atoms with Crippen molar-refractivity contribution in [1.82, 2.24) is 0 Å². The van der Waals surface area contributed by atoms with Gasteiger partial charge in [0.05, 0.1) is 5.41 Å². The first-order valence-corrected chi connectivity index (χ1v) is 12.5. The van der Waals surface area contributed by atoms with Crippen LogP contribution in [0.4, 0.5) is 0 Å². The number of ether oxygens (including phenoxy) is 1. The van der Waals surface area contributed by atoms with Crippen molar-refractivity contribution in [2.75, 3.05) is 0 Å². The average Bonchev–Trinajstić information content (AvgIpc) is 3.15. The minimum atomic E-state index is -0.267. The summed E-state index contributed by atoms with van der Waals surface area (Å²) < 4.78 is 6.43. The Morgan fingerprint density at radius 3 is 2.10 bits per heavy atom. The number of carbonyl (C=O) groups is 1. The Hall–Kier alpha value is -0.530. The molecule has 0 N–H and O–H groups in total. The molecule has 3 saturated carbocycles. The molecule has 0 aromatic rings. The van der Waals surface area contributed by atoms with Crippen molar-refractivity contribution in [2.45, 2.75) is 125 Å². The largest absolute Gasteiger partial charge is 0.459 e. The minimum absolute atomic E-state index is 0.0807. The summed E-state index contributed by atoms with van der Waals surface area (Å²) in [7, 11) is 0. The lowest BCUT2D eigenvalue weighted by atomic mass is 9.70. The van der Waals surface area contributed by atoms with Gasteiger partial charge >= 0.3 is 5.97 Å². The quantitative estimate of drug-likeness (QED) is 0.437. The number of hydrogen-bond acceptors (Lipinski definition) is 2. The van der Waals surface area contributed by atoms with Crippen LogP contribution in [0.15, 0.2) is 0 Å². The molecule has 0 saturated heterocycles. The molecule has 2 nitrogen and oxygen atoms in total. The Labute approximate surface area is 180 Å². The molecule has 3 aliphatic carbocycles. The molecule has 0 amide bonds. The van der Waals surface area contributed by atoms with E-state index in [-0.39, 0.29) is 27.8 Å². The van der Waals surface area contributed by atoms with Crippen LogP contribution < -0.4 is 0 Å². The number of esters is 1. The molecule has 29 heavy (non-hydrogen) atoms. The Kier molecular flexibility index (Phi) is 6.28. The predicted octanol–water partition coefficient (Wildman–Crippen LogP) is 7.79. The molecule has 0 aliphatic heterocycles. The van der Waals surface area contributed by atoms with E-state index in [1.165, 1.54) is 38.5 Å². The zero-order chi connectivity index (χ0) is 21.7. The minimum Gasteiger partial charge on any atom is -0.459 e. The summed E-state index contributed by atoms with van der Waals surface area (Å²) in [5.41, 5.74) is -0.286. The van der Waals surface area contributed by atoms with Crippen LogP contribution in [-0.4, -0.2) is 11.6 Å². The summed E-state index contributed by atoms with van der Waals surface area (Å²) in [6.45, 7) is 18.2. The Balaban J connectivity index is 1.64. The van der Waals surface area contributed by atoms with Crippen molar-refractivity contribution in [2.24, 2.45) is 39.9 Å². The van der Waals surface area contributed by atoms with Gasteiger partial charge in [-0.2, -0.15) is 0 Å². The summed E-state index contributed by atoms with van der Waals surface area (Å²) in [4.78, 5) is 13.5. The first kappa shape index (κ1) is 23.1. The molecule has 0 heterocycles. The second-order valence-corrected chi connectivity index (χ2v) is 13.6. The van der Waals surface area contributed by atoms with Crippen molar-refractivity contribution < 1.29 is 9.53 Å². The Morgan fingerprint density at radius 1 is 1.00 bits per heavy atom. The second-order valence-electron chi connectivity index (χ2n) is 13.6. The predicted molar refractivity (Wildman–Crippen MR) is 122 cm³/mol. The van der Waals surface area contributed by atoms with Gasteiger partial charge in [-0.25, -0.2) is 0 Å². The fourth-order valence-electron chi connectivity index (χ4n) is 6.97. The highest BCUT2D eigenvalue weighted by Crippen LogP contribution is 2.68. The van der Waals surface area contributed by atoms with Crippen LogP contribution in [0.1, 0.15) is 120 Å². The monoisotopic (exact) mass is 404 g/mol. The van der Waals surface area contributed by atoms with Gasteiger partial charge in [-0.05, 0) is 92.8 Å². The van der Waals surface area contributed by atoms with Gasteiger partial charge in [0.1, 0.15) is 5.60 Å². The molecular weight excluding hydrogens is 356 g/mol. The smallest absolute Gasteiger partial charge is 0.313 e. The van der Waals surface area contributed by atoms with Gasteiger partial charge in [-0.3, -0.25) is 4.79 Å². The third kappa shape index (κ3) is 5.21. The third-order valence-electron chi connectivity index (χ3n) is 8.58. The topological polar surface area (TPSA) is 26.3 Å². The van der Waals surface area contributed by atoms with Gasteiger partial charge in [0.15, 0.2) is 0 Å². The molecule has 0 aromatic carbocycles. The highest BCUT2D eigenvalue weighted by Gasteiger charge is 2.68. The standard InChI is InChI=1S/C27H48O2/c1-19(2)15-20-9-11-21-13-14-26(8,16-22(21)12-10-20)29-23(28)27(17-24(3,4)5)18-25(27,6)7/h19-22H,9-18H2,1-8H3. The zero-order valence-electron chi connectivity index (χ0n) is 20.7. The number of rotatable bonds is 5. The molecule has 168 valence electrons. The van der Waals surface area contributed by atoms with E-state index in [9.17, 15) is 4.79 Å². The Morgan fingerprint density at radius 2 is 1.59 bits per heavy atom. The van der Waals surface area contributed by atoms with Gasteiger partial charge < -0.3 is 4.74 Å². The molecule has 3 fully saturated rings. The van der Waals surface area contributed by atoms with E-state index >= 15 is 0 Å². The Bertz CT molecular complexity index is 598. The maximum atomic E-state index is 13.5. The van der Waals surface area contributed by atoms with E-state index in [2.05, 4.69) is 55.4 Å². The van der Waals surface area contributed by atoms with Crippen LogP contribution in [0, 0.1) is 39.9 Å². The van der Waals surface area contributed by atoms with Crippen molar-refractivity contribution in [1.29, 1.82) is 0 Å². The summed E-state index contributed by atoms with van der Waals surface area (Å²) in [6.07, 6.45) is 12.2. The van der Waals surface area contributed by atoms with Gasteiger partial charge in [-0.1, -0.05) is 61.3 Å². The van der Waals surface area contributed by atoms with E-state index in [1.54, 1.807) is 0 Å². The molecule has 5 unspecified atom stereocenters. The van der Waals surface area contributed by atoms with Crippen molar-refractivity contribution in [3.63, 3.8) is 0 Å². The van der Waals surface area contributed by atoms with E-state index in [0.29, 0.717) is 0 Å². The highest BCUT2D eigenvalue weighted by molar-refractivity contribution is 5.82. The average molecular weight is 405 g/mol. The number of hydrogen-bond donors (Lipinski definition) is 0. The highest BCUT2D eigenvalue weighted by atomic mass is 16.6. The van der Waals surface area contributed by atoms with Crippen molar-refractivity contribution in [3.8, 4) is 0 Å². The molecule has 0 radical (unpaired) electrons. The normalized spacial score (nSPS) is 39.6. The maximum absolute atomic E-state index is 13.5. The molecule has 0 aromatic heterocycles. The van der Waals surface area contributed by atoms with Crippen molar-refractivity contribution >= 4 is 5.97 Å². The van der Waals surface area contributed by atoms with Crippen LogP contribution in [0.5, 0.6) is 0 Å². The van der Waals surface area contributed by atoms with Crippen LogP contribution in [-0.2, 0) is 9.53 Å². The molecule has 0 bridgehead atoms. The summed E-state index contributed by atoms with van der Waals surface area (Å²) in [5.74, 6) is 3.44. The summed E-state index contributed by atoms with van der Waals surface area (Å²) in [6, 6.07) is 0. The SMILES string of the molecule is CC(C)CC1CCC2CCC(C)(OC(=O)C3(CC(C)(C)C)CC3(C)C)CC2CC1. The zero-order valence-corrected chi connectivity index (χ0v) is 20.7. The van der Waals surface area contributed by atoms with Gasteiger partial charge in [0.25, 0.3) is 0 Å². The molecule has 5 atom stereocenters. The first-order valence-electron chi connectivity index (χ1n) is 12.5. The van der Waals surface area contributed by atoms with E-state index in [4.69, 9.17) is 4.74 Å². The van der Waals surface area contributed by atoms with Crippen LogP contribution in [0.25, 0.3) is 0 Å². The molecule has 2 heteroatoms. The third-order valence-corrected chi connectivity index (χ3v) is 8.58. The van der Waals surface area contributed by atoms with Gasteiger partial charge in [0.2, 0.25) is 0 Å². The fraction of sp³-hybridized carbons (Fsp3) is 0.963. The lowest BCUT2D eigenvalue weighted by Crippen LogP contribution is -2.43. The van der Waals surface area contributed by atoms with Crippen LogP contribution >= 0.6 is 0 Å². The molecule has 0 spiro atoms. The molecular formula is C27H48O2. The van der Waals surface area contributed by atoms with E-state index in [1.807, 2.05) is 0 Å². The van der Waals surface area contributed by atoms with Crippen LogP contribution in [0.3, 0.4) is 0 Å². The van der Waals surface area contributed by atoms with Crippen LogP contribution in [0.2, 0.25) is 0 Å². The number of fused-ring (bicyclic) bond motifs is 1. The molecule has 3 rings (SSSR count). The van der Waals surface area contributed by atoms with Crippen molar-refractivity contribution in [3.05, 3.63) is 0 Å². The number of carbonyl (C=O) groups excluding carboxylic acids is 1. The van der Waals surface area contributed by atoms with E-state index in [0.717, 1.165) is 49.4 Å². The lowest BCUT2D eigenvalue weighted by molar-refractivity contribution is -0.174. The van der Waals surface area contributed by atoms with Gasteiger partial charge in [-0.15, -0.1) is 0 Å². The van der Waals surface area contributed by atoms with Gasteiger partial charge in [0, 0.05) is 0 Å². The van der Waals surface area contributed by atoms with E-state index < -0.39 is 0 Å². The lowest BCUT2D eigenvalue weighted by Gasteiger charge is -2.43. The second kappa shape index (κ2) is 7.86. The first-order chi connectivity index (χ1) is 13.3. The maximum Gasteiger partial charge on any atom is 0.313 e. The summed E-state index contributed by atoms with van der Waals surface area (Å²) >= 11 is 0. The summed E-state index contributed by atoms with van der Waals surface area (Å²) in [5, 5.41) is 0. The fourth-order valence-corrected chi connectivity index (χ4v) is 6.97. The molecule has 3 aliphatic rings.